The van der Waals surface area contributed by atoms with Crippen LogP contribution < -0.4 is 0 Å². The van der Waals surface area contributed by atoms with Crippen LogP contribution in [0.15, 0.2) is 22.8 Å². The first-order valence-corrected chi connectivity index (χ1v) is 14.1. The predicted octanol–water partition coefficient (Wildman–Crippen LogP) is 3.31. The highest BCUT2D eigenvalue weighted by Crippen LogP contribution is 2.70. The van der Waals surface area contributed by atoms with Crippen LogP contribution in [0.5, 0.6) is 0 Å². The fraction of sp³-hybridized carbons (Fsp3) is 0.767. The van der Waals surface area contributed by atoms with Crippen molar-refractivity contribution in [2.24, 2.45) is 22.7 Å². The molecule has 1 unspecified atom stereocenters. The molecule has 8 nitrogen and oxygen atoms in total. The molecule has 3 saturated carbocycles. The third kappa shape index (κ3) is 3.35. The summed E-state index contributed by atoms with van der Waals surface area (Å²) < 4.78 is 11.2. The first-order valence-electron chi connectivity index (χ1n) is 14.1. The van der Waals surface area contributed by atoms with Gasteiger partial charge >= 0.3 is 11.9 Å². The lowest BCUT2D eigenvalue weighted by molar-refractivity contribution is -0.294. The maximum Gasteiger partial charge on any atom is 0.334 e. The fourth-order valence-corrected chi connectivity index (χ4v) is 9.05. The minimum absolute atomic E-state index is 0.0397. The SMILES string of the molecule is CC(=O)OC[C@]12CC[C@H]3[C@@H](CC=C4CCCC(=O)[C@@]43C)[C@@]1(O)CC[C@@]2(O)[C@@](C)(O)C1CC(C)=C(C)C(=O)O1. The molecule has 3 fully saturated rings. The molecular weight excluding hydrogens is 488 g/mol. The van der Waals surface area contributed by atoms with Crippen LogP contribution in [0.4, 0.5) is 0 Å². The molecule has 4 aliphatic carbocycles. The zero-order valence-electron chi connectivity index (χ0n) is 23.3. The second kappa shape index (κ2) is 8.73. The van der Waals surface area contributed by atoms with E-state index in [2.05, 4.69) is 6.08 Å². The van der Waals surface area contributed by atoms with Crippen LogP contribution in [0.25, 0.3) is 0 Å². The molecule has 0 amide bonds. The second-order valence-corrected chi connectivity index (χ2v) is 13.0. The predicted molar refractivity (Wildman–Crippen MR) is 138 cm³/mol. The Balaban J connectivity index is 1.60. The molecule has 5 rings (SSSR count). The summed E-state index contributed by atoms with van der Waals surface area (Å²) >= 11 is 0. The molecule has 0 aromatic rings. The quantitative estimate of drug-likeness (QED) is 0.373. The average Bonchev–Trinajstić information content (AvgIpc) is 3.10. The van der Waals surface area contributed by atoms with Crippen LogP contribution in [-0.4, -0.2) is 62.6 Å². The lowest BCUT2D eigenvalue weighted by atomic mass is 9.44. The molecule has 5 aliphatic rings. The van der Waals surface area contributed by atoms with Gasteiger partial charge in [0.15, 0.2) is 0 Å². The first kappa shape index (κ1) is 27.5. The summed E-state index contributed by atoms with van der Waals surface area (Å²) in [5.41, 5.74) is -5.04. The van der Waals surface area contributed by atoms with Gasteiger partial charge in [0, 0.05) is 25.3 Å². The van der Waals surface area contributed by atoms with Gasteiger partial charge in [0.1, 0.15) is 29.7 Å². The fourth-order valence-electron chi connectivity index (χ4n) is 9.05. The van der Waals surface area contributed by atoms with E-state index >= 15 is 0 Å². The number of carbonyl (C=O) groups excluding carboxylic acids is 3. The highest BCUT2D eigenvalue weighted by molar-refractivity contribution is 5.90. The van der Waals surface area contributed by atoms with Crippen molar-refractivity contribution < 1.29 is 39.2 Å². The zero-order valence-corrected chi connectivity index (χ0v) is 23.3. The Hall–Kier alpha value is -2.03. The Morgan fingerprint density at radius 2 is 1.87 bits per heavy atom. The van der Waals surface area contributed by atoms with E-state index < -0.39 is 45.7 Å². The lowest BCUT2D eigenvalue weighted by Crippen LogP contribution is -2.74. The van der Waals surface area contributed by atoms with Crippen LogP contribution in [-0.2, 0) is 23.9 Å². The van der Waals surface area contributed by atoms with Gasteiger partial charge in [-0.05, 0) is 84.5 Å². The molecule has 1 aliphatic heterocycles. The summed E-state index contributed by atoms with van der Waals surface area (Å²) in [7, 11) is 0. The number of cyclic esters (lactones) is 1. The van der Waals surface area contributed by atoms with Gasteiger partial charge in [-0.1, -0.05) is 17.2 Å². The molecule has 8 heteroatoms. The number of esters is 2. The summed E-state index contributed by atoms with van der Waals surface area (Å²) in [4.78, 5) is 38.0. The molecule has 0 spiro atoms. The summed E-state index contributed by atoms with van der Waals surface area (Å²) in [6.45, 7) is 7.97. The van der Waals surface area contributed by atoms with E-state index in [0.717, 1.165) is 24.0 Å². The van der Waals surface area contributed by atoms with E-state index in [9.17, 15) is 29.7 Å². The molecule has 1 heterocycles. The normalized spacial score (nSPS) is 44.3. The van der Waals surface area contributed by atoms with Crippen LogP contribution in [0, 0.1) is 22.7 Å². The van der Waals surface area contributed by atoms with Gasteiger partial charge in [-0.2, -0.15) is 0 Å². The third-order valence-corrected chi connectivity index (χ3v) is 11.6. The third-order valence-electron chi connectivity index (χ3n) is 11.6. The molecule has 3 N–H and O–H groups in total. The molecule has 0 saturated heterocycles. The topological polar surface area (TPSA) is 130 Å². The van der Waals surface area contributed by atoms with Gasteiger partial charge in [-0.3, -0.25) is 9.59 Å². The summed E-state index contributed by atoms with van der Waals surface area (Å²) in [6, 6.07) is 0. The number of hydrogen-bond acceptors (Lipinski definition) is 8. The van der Waals surface area contributed by atoms with Crippen molar-refractivity contribution in [2.45, 2.75) is 115 Å². The van der Waals surface area contributed by atoms with Crippen molar-refractivity contribution >= 4 is 17.7 Å². The summed E-state index contributed by atoms with van der Waals surface area (Å²) in [5, 5.41) is 37.4. The number of fused-ring (bicyclic) bond motifs is 5. The number of rotatable bonds is 4. The molecule has 0 bridgehead atoms. The van der Waals surface area contributed by atoms with E-state index in [1.54, 1.807) is 6.92 Å². The van der Waals surface area contributed by atoms with Crippen molar-refractivity contribution in [2.75, 3.05) is 6.61 Å². The van der Waals surface area contributed by atoms with Crippen molar-refractivity contribution in [3.63, 3.8) is 0 Å². The van der Waals surface area contributed by atoms with Crippen molar-refractivity contribution in [3.05, 3.63) is 22.8 Å². The van der Waals surface area contributed by atoms with Crippen LogP contribution >= 0.6 is 0 Å². The largest absolute Gasteiger partial charge is 0.465 e. The second-order valence-electron chi connectivity index (χ2n) is 13.0. The molecule has 0 aromatic heterocycles. The van der Waals surface area contributed by atoms with Gasteiger partial charge in [0.05, 0.1) is 16.4 Å². The average molecular weight is 531 g/mol. The van der Waals surface area contributed by atoms with E-state index in [0.29, 0.717) is 24.8 Å². The molecule has 0 radical (unpaired) electrons. The standard InChI is InChI=1S/C30H42O8/c1-17-15-24(38-25(33)18(17)2)27(5,34)30(36)14-13-29(35)22-10-9-20-7-6-8-23(32)26(20,4)21(22)11-12-28(29,30)16-37-19(3)31/h9,21-22,24,34-36H,6-8,10-16H2,1-5H3/t21-,22+,24?,26-,27-,28+,29-,30+/m0/s1. The number of carbonyl (C=O) groups is 3. The smallest absolute Gasteiger partial charge is 0.334 e. The monoisotopic (exact) mass is 530 g/mol. The van der Waals surface area contributed by atoms with Crippen molar-refractivity contribution in [1.82, 2.24) is 0 Å². The van der Waals surface area contributed by atoms with E-state index in [1.165, 1.54) is 13.8 Å². The van der Waals surface area contributed by atoms with Crippen molar-refractivity contribution in [3.8, 4) is 0 Å². The van der Waals surface area contributed by atoms with Gasteiger partial charge in [-0.15, -0.1) is 0 Å². The van der Waals surface area contributed by atoms with E-state index in [1.807, 2.05) is 13.8 Å². The Morgan fingerprint density at radius 1 is 1.16 bits per heavy atom. The van der Waals surface area contributed by atoms with E-state index in [-0.39, 0.29) is 49.9 Å². The number of Topliss-reactive ketones (excluding diaryl/α,β-unsaturated/α-hetero) is 1. The van der Waals surface area contributed by atoms with Crippen LogP contribution in [0.2, 0.25) is 0 Å². The van der Waals surface area contributed by atoms with E-state index in [4.69, 9.17) is 9.47 Å². The van der Waals surface area contributed by atoms with Gasteiger partial charge in [-0.25, -0.2) is 4.79 Å². The molecule has 210 valence electrons. The van der Waals surface area contributed by atoms with Gasteiger partial charge in [0.25, 0.3) is 0 Å². The Kier molecular flexibility index (Phi) is 6.33. The van der Waals surface area contributed by atoms with Crippen LogP contribution in [0.1, 0.15) is 92.4 Å². The molecule has 0 aromatic carbocycles. The maximum absolute atomic E-state index is 13.3. The molecule has 8 atom stereocenters. The van der Waals surface area contributed by atoms with Gasteiger partial charge in [0.2, 0.25) is 0 Å². The zero-order chi connectivity index (χ0) is 27.9. The Morgan fingerprint density at radius 3 is 2.53 bits per heavy atom. The number of ketones is 1. The number of allylic oxidation sites excluding steroid dienone is 2. The van der Waals surface area contributed by atoms with Crippen LogP contribution in [0.3, 0.4) is 0 Å². The minimum atomic E-state index is -1.94. The molecule has 38 heavy (non-hydrogen) atoms. The Bertz CT molecular complexity index is 1140. The first-order chi connectivity index (χ1) is 17.7. The highest BCUT2D eigenvalue weighted by atomic mass is 16.6. The number of hydrogen-bond donors (Lipinski definition) is 3. The summed E-state index contributed by atoms with van der Waals surface area (Å²) in [6.07, 6.45) is 5.12. The molecular formula is C30H42O8. The Labute approximate surface area is 224 Å². The van der Waals surface area contributed by atoms with Crippen molar-refractivity contribution in [1.29, 1.82) is 0 Å². The van der Waals surface area contributed by atoms with Gasteiger partial charge < -0.3 is 24.8 Å². The maximum atomic E-state index is 13.3. The summed E-state index contributed by atoms with van der Waals surface area (Å²) in [5.74, 6) is -1.35. The number of ether oxygens (including phenoxy) is 2. The highest BCUT2D eigenvalue weighted by Gasteiger charge is 2.78. The number of aliphatic hydroxyl groups is 3. The lowest BCUT2D eigenvalue weighted by Gasteiger charge is -2.63. The minimum Gasteiger partial charge on any atom is -0.465 e.